The fraction of sp³-hybridized carbons (Fsp3) is 0.500. The summed E-state index contributed by atoms with van der Waals surface area (Å²) in [6.07, 6.45) is -7.16. The molecule has 0 aliphatic rings. The van der Waals surface area contributed by atoms with Crippen LogP contribution >= 0.6 is 0 Å². The Kier molecular flexibility index (Phi) is 10.1. The molecule has 0 N–H and O–H groups in total. The van der Waals surface area contributed by atoms with Crippen LogP contribution in [0, 0.1) is 7.14 Å². The van der Waals surface area contributed by atoms with Crippen LogP contribution in [0.3, 0.4) is 0 Å². The van der Waals surface area contributed by atoms with Crippen molar-refractivity contribution in [3.05, 3.63) is 66.8 Å². The molecule has 0 amide bonds. The molecule has 0 fully saturated rings. The van der Waals surface area contributed by atoms with Crippen LogP contribution in [-0.2, 0) is 20.9 Å². The summed E-state index contributed by atoms with van der Waals surface area (Å²) < 4.78 is 138. The van der Waals surface area contributed by atoms with Gasteiger partial charge in [-0.25, -0.2) is 8.42 Å². The zero-order chi connectivity index (χ0) is 30.2. The molecule has 0 aromatic heterocycles. The third-order valence-electron chi connectivity index (χ3n) is 5.07. The topological polar surface area (TPSA) is 57.2 Å². The van der Waals surface area contributed by atoms with Gasteiger partial charge in [0.1, 0.15) is 0 Å². The molecule has 2 aromatic rings. The molecule has 0 saturated carbocycles. The molecule has 3 nitrogen and oxygen atoms in total. The summed E-state index contributed by atoms with van der Waals surface area (Å²) in [7, 11) is -7.42. The Hall–Kier alpha value is -1.55. The van der Waals surface area contributed by atoms with Crippen molar-refractivity contribution in [1.29, 1.82) is 0 Å². The molecule has 0 spiro atoms. The molecule has 0 heterocycles. The van der Waals surface area contributed by atoms with Crippen LogP contribution in [0.15, 0.2) is 48.5 Å². The number of halogens is 10. The predicted molar refractivity (Wildman–Crippen MR) is 118 cm³/mol. The second-order valence-electron chi connectivity index (χ2n) is 10.2. The largest absolute Gasteiger partial charge is 0.743 e. The third-order valence-corrected chi connectivity index (χ3v) is 8.64. The van der Waals surface area contributed by atoms with Gasteiger partial charge in [0.15, 0.2) is 10.1 Å². The third kappa shape index (κ3) is 7.77. The average molecular weight is 692 g/mol. The molecule has 218 valence electrons. The number of hydrogen-bond acceptors (Lipinski definition) is 3. The Morgan fingerprint density at radius 2 is 0.868 bits per heavy atom. The molecule has 2 aromatic carbocycles. The van der Waals surface area contributed by atoms with E-state index in [1.807, 2.05) is 0 Å². The van der Waals surface area contributed by atoms with Gasteiger partial charge in [0.2, 0.25) is 0 Å². The van der Waals surface area contributed by atoms with Crippen LogP contribution in [0.5, 0.6) is 0 Å². The summed E-state index contributed by atoms with van der Waals surface area (Å²) in [5.41, 5.74) is 3.31. The van der Waals surface area contributed by atoms with Crippen LogP contribution in [-0.4, -0.2) is 36.2 Å². The summed E-state index contributed by atoms with van der Waals surface area (Å²) >= 11 is -0.0703. The summed E-state index contributed by atoms with van der Waals surface area (Å²) in [6, 6.07) is 18.4. The molecule has 0 aliphatic carbocycles. The van der Waals surface area contributed by atoms with E-state index in [0.717, 1.165) is 0 Å². The second kappa shape index (κ2) is 11.1. The van der Waals surface area contributed by atoms with Gasteiger partial charge in [-0.2, -0.15) is 39.5 Å². The minimum absolute atomic E-state index is 0.0703. The monoisotopic (exact) mass is 692 g/mol. The smallest absolute Gasteiger partial charge is 0.460 e. The SMILES string of the molecule is CC(C)(C)c1ccc([I-]c2ccc(C(C)(C)C)cc2)cc1.O=S(=O)([O-])C(F)(F)C(F)(F)C(F)(F)C(F)(F)F. The van der Waals surface area contributed by atoms with Crippen LogP contribution < -0.4 is 21.2 Å². The molecular weight excluding hydrogens is 666 g/mol. The molecule has 14 heteroatoms. The van der Waals surface area contributed by atoms with Gasteiger partial charge in [0.05, 0.1) is 0 Å². The van der Waals surface area contributed by atoms with Crippen molar-refractivity contribution in [2.45, 2.75) is 75.6 Å². The number of rotatable bonds is 5. The van der Waals surface area contributed by atoms with E-state index in [-0.39, 0.29) is 32.0 Å². The van der Waals surface area contributed by atoms with Crippen LogP contribution in [0.25, 0.3) is 0 Å². The van der Waals surface area contributed by atoms with Crippen molar-refractivity contribution >= 4 is 10.1 Å². The average Bonchev–Trinajstić information content (AvgIpc) is 2.72. The van der Waals surface area contributed by atoms with Crippen LogP contribution in [0.2, 0.25) is 0 Å². The molecule has 0 atom stereocenters. The van der Waals surface area contributed by atoms with Crippen molar-refractivity contribution in [3.63, 3.8) is 0 Å². The van der Waals surface area contributed by atoms with Crippen molar-refractivity contribution in [1.82, 2.24) is 0 Å². The Bertz CT molecular complexity index is 1120. The molecular formula is C24H26F9IO3S-2. The molecule has 0 radical (unpaired) electrons. The second-order valence-corrected chi connectivity index (χ2v) is 14.7. The summed E-state index contributed by atoms with van der Waals surface area (Å²) in [6.45, 7) is 13.6. The Morgan fingerprint density at radius 1 is 0.579 bits per heavy atom. The normalized spacial score (nSPS) is 14.2. The van der Waals surface area contributed by atoms with E-state index in [1.54, 1.807) is 0 Å². The fourth-order valence-electron chi connectivity index (χ4n) is 2.67. The summed E-state index contributed by atoms with van der Waals surface area (Å²) in [5.74, 6) is -14.8. The van der Waals surface area contributed by atoms with Crippen LogP contribution in [0.4, 0.5) is 39.5 Å². The Labute approximate surface area is 225 Å². The maximum absolute atomic E-state index is 12.2. The number of hydrogen-bond donors (Lipinski definition) is 0. The molecule has 0 bridgehead atoms. The van der Waals surface area contributed by atoms with E-state index in [0.29, 0.717) is 0 Å². The summed E-state index contributed by atoms with van der Waals surface area (Å²) in [4.78, 5) is 0. The maximum Gasteiger partial charge on any atom is 0.460 e. The molecule has 0 aliphatic heterocycles. The Morgan fingerprint density at radius 3 is 1.08 bits per heavy atom. The molecule has 0 unspecified atom stereocenters. The van der Waals surface area contributed by atoms with Crippen molar-refractivity contribution in [3.8, 4) is 0 Å². The number of benzene rings is 2. The number of alkyl halides is 9. The minimum atomic E-state index is -7.43. The van der Waals surface area contributed by atoms with E-state index in [2.05, 4.69) is 90.1 Å². The Balaban J connectivity index is 0.000000391. The standard InChI is InChI=1S/C20H26I.C4HF9O3S/c1-19(2,3)15-7-11-17(12-8-15)21-18-13-9-16(10-14-18)20(4,5)6;5-1(6,3(9,10)11)2(7,8)4(12,13)17(14,15)16/h7-14H,1-6H3;(H,14,15,16)/q-1;/p-1. The van der Waals surface area contributed by atoms with E-state index in [1.165, 1.54) is 18.3 Å². The fourth-order valence-corrected chi connectivity index (χ4v) is 5.27. The van der Waals surface area contributed by atoms with Gasteiger partial charge in [-0.1, -0.05) is 0 Å². The predicted octanol–water partition coefficient (Wildman–Crippen LogP) is 4.37. The van der Waals surface area contributed by atoms with Crippen LogP contribution in [0.1, 0.15) is 52.7 Å². The van der Waals surface area contributed by atoms with E-state index in [9.17, 15) is 52.5 Å². The van der Waals surface area contributed by atoms with E-state index >= 15 is 0 Å². The van der Waals surface area contributed by atoms with Crippen molar-refractivity contribution in [2.24, 2.45) is 0 Å². The van der Waals surface area contributed by atoms with Gasteiger partial charge < -0.3 is 4.55 Å². The van der Waals surface area contributed by atoms with Crippen molar-refractivity contribution in [2.75, 3.05) is 0 Å². The molecule has 38 heavy (non-hydrogen) atoms. The van der Waals surface area contributed by atoms with Crippen molar-refractivity contribution < 1.29 is 73.7 Å². The molecule has 0 saturated heterocycles. The zero-order valence-corrected chi connectivity index (χ0v) is 24.0. The first-order valence-corrected chi connectivity index (χ1v) is 14.2. The van der Waals surface area contributed by atoms with Gasteiger partial charge in [-0.15, -0.1) is 0 Å². The van der Waals surface area contributed by atoms with Gasteiger partial charge in [0.25, 0.3) is 0 Å². The van der Waals surface area contributed by atoms with E-state index in [4.69, 9.17) is 0 Å². The van der Waals surface area contributed by atoms with Gasteiger partial charge >= 0.3 is 164 Å². The minimum Gasteiger partial charge on any atom is -0.743 e. The zero-order valence-electron chi connectivity index (χ0n) is 21.0. The quantitative estimate of drug-likeness (QED) is 0.266. The van der Waals surface area contributed by atoms with Gasteiger partial charge in [0, 0.05) is 0 Å². The first kappa shape index (κ1) is 34.5. The van der Waals surface area contributed by atoms with E-state index < -0.39 is 33.4 Å². The maximum atomic E-state index is 12.2. The first-order chi connectivity index (χ1) is 16.7. The molecule has 2 rings (SSSR count). The van der Waals surface area contributed by atoms with Gasteiger partial charge in [-0.3, -0.25) is 0 Å². The summed E-state index contributed by atoms with van der Waals surface area (Å²) in [5, 5.41) is -7.11. The first-order valence-electron chi connectivity index (χ1n) is 10.7. The van der Waals surface area contributed by atoms with Gasteiger partial charge in [-0.05, 0) is 0 Å².